The second-order valence-electron chi connectivity index (χ2n) is 4.85. The zero-order valence-electron chi connectivity index (χ0n) is 10.4. The van der Waals surface area contributed by atoms with E-state index < -0.39 is 0 Å². The van der Waals surface area contributed by atoms with Crippen LogP contribution in [-0.4, -0.2) is 24.0 Å². The molecule has 1 aromatic heterocycles. The summed E-state index contributed by atoms with van der Waals surface area (Å²) < 4.78 is 0. The first-order valence-electron chi connectivity index (χ1n) is 6.40. The Balaban J connectivity index is 1.98. The summed E-state index contributed by atoms with van der Waals surface area (Å²) in [5, 5.41) is 2.97. The minimum atomic E-state index is 0.534. The van der Waals surface area contributed by atoms with Crippen LogP contribution in [0.3, 0.4) is 0 Å². The van der Waals surface area contributed by atoms with Crippen molar-refractivity contribution < 1.29 is 0 Å². The highest BCUT2D eigenvalue weighted by Crippen LogP contribution is 2.29. The molecule has 0 radical (unpaired) electrons. The van der Waals surface area contributed by atoms with Gasteiger partial charge in [0.2, 0.25) is 0 Å². The summed E-state index contributed by atoms with van der Waals surface area (Å²) in [6, 6.07) is 2.52. The summed E-state index contributed by atoms with van der Waals surface area (Å²) in [7, 11) is 0. The molecule has 0 amide bonds. The quantitative estimate of drug-likeness (QED) is 0.911. The van der Waals surface area contributed by atoms with Crippen molar-refractivity contribution in [1.29, 1.82) is 0 Å². The van der Waals surface area contributed by atoms with E-state index in [1.807, 2.05) is 6.07 Å². The lowest BCUT2D eigenvalue weighted by Gasteiger charge is -2.38. The first kappa shape index (κ1) is 13.3. The molecule has 2 unspecified atom stereocenters. The fraction of sp³-hybridized carbons (Fsp3) is 0.692. The smallest absolute Gasteiger partial charge is 0.0558 e. The summed E-state index contributed by atoms with van der Waals surface area (Å²) in [5.41, 5.74) is 5.91. The molecule has 2 N–H and O–H groups in total. The van der Waals surface area contributed by atoms with Crippen LogP contribution in [-0.2, 0) is 6.54 Å². The SMILES string of the molecule is CCC1CCN(Cc2sccc2Cl)C(CN)C1. The van der Waals surface area contributed by atoms with E-state index in [1.54, 1.807) is 11.3 Å². The zero-order chi connectivity index (χ0) is 12.3. The first-order valence-corrected chi connectivity index (χ1v) is 7.66. The Morgan fingerprint density at radius 1 is 1.59 bits per heavy atom. The highest BCUT2D eigenvalue weighted by Gasteiger charge is 2.27. The first-order chi connectivity index (χ1) is 8.24. The van der Waals surface area contributed by atoms with Crippen LogP contribution in [0, 0.1) is 5.92 Å². The van der Waals surface area contributed by atoms with Gasteiger partial charge in [-0.2, -0.15) is 0 Å². The highest BCUT2D eigenvalue weighted by atomic mass is 35.5. The lowest BCUT2D eigenvalue weighted by molar-refractivity contribution is 0.108. The van der Waals surface area contributed by atoms with Gasteiger partial charge in [-0.1, -0.05) is 24.9 Å². The fourth-order valence-corrected chi connectivity index (χ4v) is 3.75. The van der Waals surface area contributed by atoms with Crippen LogP contribution < -0.4 is 5.73 Å². The van der Waals surface area contributed by atoms with Crippen molar-refractivity contribution in [1.82, 2.24) is 4.90 Å². The van der Waals surface area contributed by atoms with E-state index in [4.69, 9.17) is 17.3 Å². The average Bonchev–Trinajstić information content (AvgIpc) is 2.75. The lowest BCUT2D eigenvalue weighted by atomic mass is 9.89. The molecular formula is C13H21ClN2S. The Labute approximate surface area is 113 Å². The second-order valence-corrected chi connectivity index (χ2v) is 6.26. The minimum Gasteiger partial charge on any atom is -0.329 e. The van der Waals surface area contributed by atoms with Gasteiger partial charge in [0.25, 0.3) is 0 Å². The molecule has 0 saturated carbocycles. The number of thiophene rings is 1. The van der Waals surface area contributed by atoms with Gasteiger partial charge in [-0.25, -0.2) is 0 Å². The number of hydrogen-bond donors (Lipinski definition) is 1. The topological polar surface area (TPSA) is 29.3 Å². The van der Waals surface area contributed by atoms with E-state index in [-0.39, 0.29) is 0 Å². The molecule has 0 bridgehead atoms. The Morgan fingerprint density at radius 2 is 2.41 bits per heavy atom. The van der Waals surface area contributed by atoms with Crippen LogP contribution in [0.4, 0.5) is 0 Å². The van der Waals surface area contributed by atoms with Gasteiger partial charge in [-0.3, -0.25) is 4.90 Å². The van der Waals surface area contributed by atoms with E-state index in [9.17, 15) is 0 Å². The van der Waals surface area contributed by atoms with Crippen molar-refractivity contribution in [2.45, 2.75) is 38.8 Å². The molecule has 2 heterocycles. The van der Waals surface area contributed by atoms with Gasteiger partial charge in [-0.15, -0.1) is 11.3 Å². The van der Waals surface area contributed by atoms with Gasteiger partial charge in [0.15, 0.2) is 0 Å². The molecule has 1 aromatic rings. The maximum atomic E-state index is 6.16. The predicted octanol–water partition coefficient (Wildman–Crippen LogP) is 3.35. The van der Waals surface area contributed by atoms with Crippen molar-refractivity contribution >= 4 is 22.9 Å². The Kier molecular flexibility index (Phi) is 4.86. The summed E-state index contributed by atoms with van der Waals surface area (Å²) >= 11 is 7.91. The number of nitrogens with zero attached hydrogens (tertiary/aromatic N) is 1. The van der Waals surface area contributed by atoms with Crippen LogP contribution in [0.2, 0.25) is 5.02 Å². The summed E-state index contributed by atoms with van der Waals surface area (Å²) in [4.78, 5) is 3.78. The molecule has 0 aliphatic carbocycles. The van der Waals surface area contributed by atoms with E-state index in [0.29, 0.717) is 6.04 Å². The van der Waals surface area contributed by atoms with Crippen LogP contribution in [0.25, 0.3) is 0 Å². The third-order valence-corrected chi connectivity index (χ3v) is 5.21. The largest absolute Gasteiger partial charge is 0.329 e. The number of likely N-dealkylation sites (tertiary alicyclic amines) is 1. The lowest BCUT2D eigenvalue weighted by Crippen LogP contribution is -2.45. The van der Waals surface area contributed by atoms with Crippen LogP contribution >= 0.6 is 22.9 Å². The maximum Gasteiger partial charge on any atom is 0.0558 e. The predicted molar refractivity (Wildman–Crippen MR) is 75.6 cm³/mol. The van der Waals surface area contributed by atoms with Gasteiger partial charge >= 0.3 is 0 Å². The highest BCUT2D eigenvalue weighted by molar-refractivity contribution is 7.10. The van der Waals surface area contributed by atoms with Gasteiger partial charge < -0.3 is 5.73 Å². The molecule has 17 heavy (non-hydrogen) atoms. The van der Waals surface area contributed by atoms with Crippen LogP contribution in [0.15, 0.2) is 11.4 Å². The van der Waals surface area contributed by atoms with Gasteiger partial charge in [0.1, 0.15) is 0 Å². The zero-order valence-corrected chi connectivity index (χ0v) is 11.9. The van der Waals surface area contributed by atoms with Crippen molar-refractivity contribution in [2.24, 2.45) is 11.7 Å². The molecule has 0 spiro atoms. The van der Waals surface area contributed by atoms with Gasteiger partial charge in [0.05, 0.1) is 5.02 Å². The monoisotopic (exact) mass is 272 g/mol. The Hall–Kier alpha value is -0.0900. The van der Waals surface area contributed by atoms with Crippen molar-refractivity contribution in [2.75, 3.05) is 13.1 Å². The number of halogens is 1. The molecule has 4 heteroatoms. The third kappa shape index (κ3) is 3.22. The van der Waals surface area contributed by atoms with E-state index in [0.717, 1.165) is 30.6 Å². The summed E-state index contributed by atoms with van der Waals surface area (Å²) in [5.74, 6) is 0.860. The molecule has 2 atom stereocenters. The minimum absolute atomic E-state index is 0.534. The van der Waals surface area contributed by atoms with E-state index >= 15 is 0 Å². The molecule has 2 rings (SSSR count). The number of rotatable bonds is 4. The summed E-state index contributed by atoms with van der Waals surface area (Å²) in [6.07, 6.45) is 3.83. The molecule has 1 aliphatic rings. The molecular weight excluding hydrogens is 252 g/mol. The maximum absolute atomic E-state index is 6.16. The Bertz CT molecular complexity index is 353. The molecule has 0 aromatic carbocycles. The fourth-order valence-electron chi connectivity index (χ4n) is 2.63. The molecule has 96 valence electrons. The number of piperidine rings is 1. The van der Waals surface area contributed by atoms with E-state index in [2.05, 4.69) is 17.2 Å². The van der Waals surface area contributed by atoms with Gasteiger partial charge in [0, 0.05) is 24.0 Å². The average molecular weight is 273 g/mol. The number of nitrogens with two attached hydrogens (primary N) is 1. The molecule has 2 nitrogen and oxygen atoms in total. The standard InChI is InChI=1S/C13H21ClN2S/c1-2-10-3-5-16(11(7-10)8-15)9-13-12(14)4-6-17-13/h4,6,10-11H,2-3,5,7-9,15H2,1H3. The van der Waals surface area contributed by atoms with Crippen LogP contribution in [0.1, 0.15) is 31.1 Å². The number of hydrogen-bond acceptors (Lipinski definition) is 3. The molecule has 1 saturated heterocycles. The van der Waals surface area contributed by atoms with Gasteiger partial charge in [-0.05, 0) is 36.8 Å². The van der Waals surface area contributed by atoms with E-state index in [1.165, 1.54) is 24.1 Å². The molecule has 1 fully saturated rings. The van der Waals surface area contributed by atoms with Crippen molar-refractivity contribution in [3.8, 4) is 0 Å². The van der Waals surface area contributed by atoms with Crippen molar-refractivity contribution in [3.05, 3.63) is 21.3 Å². The molecule has 1 aliphatic heterocycles. The normalized spacial score (nSPS) is 26.3. The van der Waals surface area contributed by atoms with Crippen molar-refractivity contribution in [3.63, 3.8) is 0 Å². The third-order valence-electron chi connectivity index (χ3n) is 3.83. The second kappa shape index (κ2) is 6.19. The van der Waals surface area contributed by atoms with Crippen LogP contribution in [0.5, 0.6) is 0 Å². The summed E-state index contributed by atoms with van der Waals surface area (Å²) in [6.45, 7) is 5.17. The Morgan fingerprint density at radius 3 is 3.00 bits per heavy atom.